The minimum Gasteiger partial charge on any atom is -0.491 e. The summed E-state index contributed by atoms with van der Waals surface area (Å²) in [5.74, 6) is -0.520. The smallest absolute Gasteiger partial charge is 0.240 e. The molecule has 1 atom stereocenters. The summed E-state index contributed by atoms with van der Waals surface area (Å²) in [6, 6.07) is 6.69. The van der Waals surface area contributed by atoms with Crippen molar-refractivity contribution >= 4 is 10.0 Å². The van der Waals surface area contributed by atoms with Crippen molar-refractivity contribution in [1.29, 1.82) is 0 Å². The highest BCUT2D eigenvalue weighted by Gasteiger charge is 2.47. The summed E-state index contributed by atoms with van der Waals surface area (Å²) in [6.45, 7) is 1.74. The minimum atomic E-state index is -3.99. The van der Waals surface area contributed by atoms with E-state index in [0.29, 0.717) is 5.76 Å². The first-order chi connectivity index (χ1) is 11.9. The number of ether oxygens (including phenoxy) is 1. The maximum absolute atomic E-state index is 13.9. The predicted octanol–water partition coefficient (Wildman–Crippen LogP) is 2.39. The first-order valence-electron chi connectivity index (χ1n) is 8.05. The van der Waals surface area contributed by atoms with Crippen molar-refractivity contribution in [3.63, 3.8) is 0 Å². The lowest BCUT2D eigenvalue weighted by molar-refractivity contribution is -0.00224. The van der Waals surface area contributed by atoms with Gasteiger partial charge in [-0.2, -0.15) is 0 Å². The number of aliphatic hydroxyl groups is 1. The van der Waals surface area contributed by atoms with Crippen molar-refractivity contribution in [2.24, 2.45) is 5.92 Å². The van der Waals surface area contributed by atoms with E-state index < -0.39 is 21.4 Å². The Bertz CT molecular complexity index is 833. The molecule has 3 rings (SSSR count). The van der Waals surface area contributed by atoms with E-state index in [4.69, 9.17) is 9.15 Å². The van der Waals surface area contributed by atoms with Gasteiger partial charge < -0.3 is 14.3 Å². The molecule has 1 aliphatic rings. The number of halogens is 1. The maximum Gasteiger partial charge on any atom is 0.240 e. The molecule has 1 heterocycles. The first kappa shape index (κ1) is 17.9. The van der Waals surface area contributed by atoms with E-state index in [1.807, 2.05) is 0 Å². The molecule has 136 valence electrons. The minimum absolute atomic E-state index is 0.00785. The van der Waals surface area contributed by atoms with Crippen molar-refractivity contribution in [2.45, 2.75) is 30.3 Å². The van der Waals surface area contributed by atoms with E-state index in [9.17, 15) is 17.9 Å². The number of rotatable bonds is 8. The third-order valence-corrected chi connectivity index (χ3v) is 5.64. The molecule has 0 spiro atoms. The molecule has 25 heavy (non-hydrogen) atoms. The van der Waals surface area contributed by atoms with E-state index in [2.05, 4.69) is 4.72 Å². The van der Waals surface area contributed by atoms with Crippen LogP contribution in [0.3, 0.4) is 0 Å². The van der Waals surface area contributed by atoms with Crippen molar-refractivity contribution in [2.75, 3.05) is 13.2 Å². The Balaban J connectivity index is 1.78. The van der Waals surface area contributed by atoms with Crippen LogP contribution >= 0.6 is 0 Å². The normalized spacial score (nSPS) is 17.2. The number of furan rings is 1. The van der Waals surface area contributed by atoms with Crippen LogP contribution in [-0.4, -0.2) is 26.7 Å². The van der Waals surface area contributed by atoms with E-state index in [-0.39, 0.29) is 29.7 Å². The molecule has 6 nitrogen and oxygen atoms in total. The lowest BCUT2D eigenvalue weighted by Crippen LogP contribution is -2.42. The van der Waals surface area contributed by atoms with Crippen LogP contribution in [0.5, 0.6) is 5.75 Å². The molecular formula is C17H20FNO5S. The molecule has 1 saturated carbocycles. The van der Waals surface area contributed by atoms with Gasteiger partial charge in [-0.3, -0.25) is 0 Å². The first-order valence-corrected chi connectivity index (χ1v) is 9.53. The average molecular weight is 369 g/mol. The highest BCUT2D eigenvalue weighted by Crippen LogP contribution is 2.45. The second kappa shape index (κ2) is 6.78. The second-order valence-electron chi connectivity index (χ2n) is 6.03. The monoisotopic (exact) mass is 369 g/mol. The zero-order valence-corrected chi connectivity index (χ0v) is 14.6. The Labute approximate surface area is 145 Å². The predicted molar refractivity (Wildman–Crippen MR) is 88.1 cm³/mol. The molecule has 0 bridgehead atoms. The molecule has 0 unspecified atom stereocenters. The number of benzene rings is 1. The molecule has 0 saturated heterocycles. The van der Waals surface area contributed by atoms with Gasteiger partial charge in [0.1, 0.15) is 11.4 Å². The Morgan fingerprint density at radius 1 is 1.40 bits per heavy atom. The molecular weight excluding hydrogens is 349 g/mol. The topological polar surface area (TPSA) is 88.8 Å². The maximum atomic E-state index is 13.9. The van der Waals surface area contributed by atoms with Gasteiger partial charge in [0, 0.05) is 6.54 Å². The summed E-state index contributed by atoms with van der Waals surface area (Å²) in [5.41, 5.74) is -1.42. The third kappa shape index (κ3) is 3.70. The molecule has 2 aromatic rings. The van der Waals surface area contributed by atoms with Crippen molar-refractivity contribution in [3.05, 3.63) is 48.2 Å². The number of hydrogen-bond donors (Lipinski definition) is 2. The highest BCUT2D eigenvalue weighted by atomic mass is 32.2. The van der Waals surface area contributed by atoms with Gasteiger partial charge >= 0.3 is 0 Å². The number of hydrogen-bond acceptors (Lipinski definition) is 5. The molecule has 2 N–H and O–H groups in total. The van der Waals surface area contributed by atoms with Crippen molar-refractivity contribution < 1.29 is 27.1 Å². The van der Waals surface area contributed by atoms with Crippen LogP contribution in [0.4, 0.5) is 4.39 Å². The molecule has 0 aliphatic heterocycles. The van der Waals surface area contributed by atoms with Gasteiger partial charge in [0.15, 0.2) is 11.6 Å². The van der Waals surface area contributed by atoms with Crippen LogP contribution in [0.15, 0.2) is 45.9 Å². The zero-order chi connectivity index (χ0) is 18.1. The van der Waals surface area contributed by atoms with Crippen molar-refractivity contribution in [3.8, 4) is 5.75 Å². The van der Waals surface area contributed by atoms with Gasteiger partial charge in [-0.25, -0.2) is 17.5 Å². The number of nitrogens with one attached hydrogen (secondary N) is 1. The molecule has 0 radical (unpaired) electrons. The van der Waals surface area contributed by atoms with Crippen LogP contribution in [0.2, 0.25) is 0 Å². The standard InChI is InChI=1S/C17H20FNO5S/c1-2-23-15-8-7-13(10-14(15)18)25(21,22)19-11-17(20,12-5-6-12)16-4-3-9-24-16/h3-4,7-10,12,19-20H,2,5-6,11H2,1H3/t17-/m1/s1. The Kier molecular flexibility index (Phi) is 4.86. The Morgan fingerprint density at radius 3 is 2.72 bits per heavy atom. The Morgan fingerprint density at radius 2 is 2.16 bits per heavy atom. The molecule has 1 aromatic heterocycles. The lowest BCUT2D eigenvalue weighted by Gasteiger charge is -2.26. The van der Waals surface area contributed by atoms with E-state index in [1.54, 1.807) is 19.1 Å². The summed E-state index contributed by atoms with van der Waals surface area (Å²) in [7, 11) is -3.99. The third-order valence-electron chi connectivity index (χ3n) is 4.25. The second-order valence-corrected chi connectivity index (χ2v) is 7.79. The lowest BCUT2D eigenvalue weighted by atomic mass is 9.95. The van der Waals surface area contributed by atoms with Crippen LogP contribution in [-0.2, 0) is 15.6 Å². The van der Waals surface area contributed by atoms with E-state index in [1.165, 1.54) is 18.4 Å². The van der Waals surface area contributed by atoms with Gasteiger partial charge in [-0.1, -0.05) is 0 Å². The fourth-order valence-corrected chi connectivity index (χ4v) is 3.81. The molecule has 1 aromatic carbocycles. The fraction of sp³-hybridized carbons (Fsp3) is 0.412. The van der Waals surface area contributed by atoms with Gasteiger partial charge in [0.2, 0.25) is 10.0 Å². The number of sulfonamides is 1. The van der Waals surface area contributed by atoms with Crippen LogP contribution < -0.4 is 9.46 Å². The van der Waals surface area contributed by atoms with Gasteiger partial charge in [0.25, 0.3) is 0 Å². The molecule has 1 aliphatic carbocycles. The van der Waals surface area contributed by atoms with E-state index in [0.717, 1.165) is 18.9 Å². The molecule has 8 heteroatoms. The quantitative estimate of drug-likeness (QED) is 0.746. The summed E-state index contributed by atoms with van der Waals surface area (Å²) in [4.78, 5) is -0.231. The largest absolute Gasteiger partial charge is 0.491 e. The van der Waals surface area contributed by atoms with Gasteiger partial charge in [0.05, 0.1) is 17.8 Å². The average Bonchev–Trinajstić information content (AvgIpc) is 3.29. The van der Waals surface area contributed by atoms with Crippen LogP contribution in [0, 0.1) is 11.7 Å². The van der Waals surface area contributed by atoms with Gasteiger partial charge in [-0.15, -0.1) is 0 Å². The summed E-state index contributed by atoms with van der Waals surface area (Å²) >= 11 is 0. The van der Waals surface area contributed by atoms with Gasteiger partial charge in [-0.05, 0) is 56.0 Å². The summed E-state index contributed by atoms with van der Waals surface area (Å²) < 4.78 is 51.5. The molecule has 0 amide bonds. The summed E-state index contributed by atoms with van der Waals surface area (Å²) in [6.07, 6.45) is 3.01. The van der Waals surface area contributed by atoms with Crippen molar-refractivity contribution in [1.82, 2.24) is 4.72 Å². The highest BCUT2D eigenvalue weighted by molar-refractivity contribution is 7.89. The SMILES string of the molecule is CCOc1ccc(S(=O)(=O)NC[C@](O)(c2ccco2)C2CC2)cc1F. The zero-order valence-electron chi connectivity index (χ0n) is 13.7. The van der Waals surface area contributed by atoms with Crippen LogP contribution in [0.25, 0.3) is 0 Å². The molecule has 1 fully saturated rings. The van der Waals surface area contributed by atoms with Crippen LogP contribution in [0.1, 0.15) is 25.5 Å². The fourth-order valence-electron chi connectivity index (χ4n) is 2.73. The summed E-state index contributed by atoms with van der Waals surface area (Å²) in [5, 5.41) is 10.9. The Hall–Kier alpha value is -1.90. The van der Waals surface area contributed by atoms with E-state index >= 15 is 0 Å².